The molecule has 1 atom stereocenters. The summed E-state index contributed by atoms with van der Waals surface area (Å²) in [5, 5.41) is 11.8. The van der Waals surface area contributed by atoms with Crippen LogP contribution < -0.4 is 4.90 Å². The quantitative estimate of drug-likeness (QED) is 0.843. The monoisotopic (exact) mass is 371 g/mol. The molecule has 140 valence electrons. The topological polar surface area (TPSA) is 39.6 Å². The predicted octanol–water partition coefficient (Wildman–Crippen LogP) is 3.56. The molecule has 1 unspecified atom stereocenters. The standard InChI is InChI=1S/C21H29N3OS/c25-20(14-17-6-2-1-3-7-17)18-8-12-23(13-9-18)16-19-15-22-21(26-19)24-10-4-5-11-24/h1-3,6-7,15,18,20,25H,4-5,8-14,16H2. The van der Waals surface area contributed by atoms with Gasteiger partial charge in [0, 0.05) is 30.7 Å². The fourth-order valence-corrected chi connectivity index (χ4v) is 5.17. The molecule has 26 heavy (non-hydrogen) atoms. The maximum absolute atomic E-state index is 10.6. The summed E-state index contributed by atoms with van der Waals surface area (Å²) < 4.78 is 0. The Hall–Kier alpha value is -1.43. The molecule has 0 bridgehead atoms. The Labute approximate surface area is 160 Å². The first kappa shape index (κ1) is 18.0. The number of nitrogens with zero attached hydrogens (tertiary/aromatic N) is 3. The van der Waals surface area contributed by atoms with Crippen molar-refractivity contribution < 1.29 is 5.11 Å². The second-order valence-corrected chi connectivity index (χ2v) is 8.77. The molecule has 1 N–H and O–H groups in total. The summed E-state index contributed by atoms with van der Waals surface area (Å²) in [5.74, 6) is 0.424. The fraction of sp³-hybridized carbons (Fsp3) is 0.571. The predicted molar refractivity (Wildman–Crippen MR) is 108 cm³/mol. The van der Waals surface area contributed by atoms with Gasteiger partial charge in [-0.2, -0.15) is 0 Å². The van der Waals surface area contributed by atoms with Crippen LogP contribution in [0.5, 0.6) is 0 Å². The van der Waals surface area contributed by atoms with Gasteiger partial charge in [-0.15, -0.1) is 11.3 Å². The smallest absolute Gasteiger partial charge is 0.185 e. The number of aliphatic hydroxyl groups is 1. The second-order valence-electron chi connectivity index (χ2n) is 7.67. The minimum atomic E-state index is -0.218. The van der Waals surface area contributed by atoms with E-state index in [2.05, 4.69) is 45.2 Å². The van der Waals surface area contributed by atoms with Crippen LogP contribution in [0.15, 0.2) is 36.5 Å². The van der Waals surface area contributed by atoms with Crippen LogP contribution in [0.1, 0.15) is 36.1 Å². The summed E-state index contributed by atoms with van der Waals surface area (Å²) >= 11 is 1.86. The number of anilines is 1. The van der Waals surface area contributed by atoms with Crippen molar-refractivity contribution in [2.24, 2.45) is 5.92 Å². The highest BCUT2D eigenvalue weighted by Crippen LogP contribution is 2.29. The maximum atomic E-state index is 10.6. The van der Waals surface area contributed by atoms with Gasteiger partial charge in [0.05, 0.1) is 6.10 Å². The van der Waals surface area contributed by atoms with Crippen LogP contribution >= 0.6 is 11.3 Å². The van der Waals surface area contributed by atoms with Crippen LogP contribution in [-0.4, -0.2) is 47.3 Å². The summed E-state index contributed by atoms with van der Waals surface area (Å²) in [6, 6.07) is 10.4. The van der Waals surface area contributed by atoms with Gasteiger partial charge >= 0.3 is 0 Å². The maximum Gasteiger partial charge on any atom is 0.185 e. The summed E-state index contributed by atoms with van der Waals surface area (Å²) in [7, 11) is 0. The molecule has 2 aromatic rings. The van der Waals surface area contributed by atoms with Crippen molar-refractivity contribution in [3.8, 4) is 0 Å². The van der Waals surface area contributed by atoms with E-state index in [0.29, 0.717) is 5.92 Å². The molecule has 5 heteroatoms. The van der Waals surface area contributed by atoms with Crippen molar-refractivity contribution in [2.75, 3.05) is 31.1 Å². The molecule has 2 saturated heterocycles. The van der Waals surface area contributed by atoms with E-state index >= 15 is 0 Å². The van der Waals surface area contributed by atoms with Crippen LogP contribution in [0.2, 0.25) is 0 Å². The van der Waals surface area contributed by atoms with Crippen molar-refractivity contribution in [3.05, 3.63) is 47.0 Å². The first-order valence-corrected chi connectivity index (χ1v) is 10.7. The molecule has 1 aromatic carbocycles. The molecule has 4 rings (SSSR count). The van der Waals surface area contributed by atoms with Crippen LogP contribution in [0, 0.1) is 5.92 Å². The molecular formula is C21H29N3OS. The number of aliphatic hydroxyl groups excluding tert-OH is 1. The van der Waals surface area contributed by atoms with Gasteiger partial charge in [0.1, 0.15) is 0 Å². The average Bonchev–Trinajstić information content (AvgIpc) is 3.35. The van der Waals surface area contributed by atoms with Gasteiger partial charge in [0.15, 0.2) is 5.13 Å². The minimum absolute atomic E-state index is 0.218. The molecule has 0 amide bonds. The second kappa shape index (κ2) is 8.51. The Bertz CT molecular complexity index is 676. The molecule has 2 aliphatic heterocycles. The molecule has 3 heterocycles. The summed E-state index contributed by atoms with van der Waals surface area (Å²) in [6.07, 6.45) is 7.40. The van der Waals surface area contributed by atoms with Gasteiger partial charge in [-0.05, 0) is 56.7 Å². The number of benzene rings is 1. The highest BCUT2D eigenvalue weighted by Gasteiger charge is 2.26. The molecule has 4 nitrogen and oxygen atoms in total. The van der Waals surface area contributed by atoms with Crippen molar-refractivity contribution >= 4 is 16.5 Å². The van der Waals surface area contributed by atoms with Crippen LogP contribution in [0.25, 0.3) is 0 Å². The molecule has 0 aliphatic carbocycles. The van der Waals surface area contributed by atoms with Crippen molar-refractivity contribution in [2.45, 2.75) is 44.8 Å². The third kappa shape index (κ3) is 4.45. The average molecular weight is 372 g/mol. The number of aromatic nitrogens is 1. The van der Waals surface area contributed by atoms with Crippen LogP contribution in [0.3, 0.4) is 0 Å². The van der Waals surface area contributed by atoms with Gasteiger partial charge in [0.25, 0.3) is 0 Å². The SMILES string of the molecule is OC(Cc1ccccc1)C1CCN(Cc2cnc(N3CCCC3)s2)CC1. The van der Waals surface area contributed by atoms with Crippen molar-refractivity contribution in [1.29, 1.82) is 0 Å². The van der Waals surface area contributed by atoms with Crippen molar-refractivity contribution in [3.63, 3.8) is 0 Å². The van der Waals surface area contributed by atoms with Gasteiger partial charge in [-0.25, -0.2) is 4.98 Å². The lowest BCUT2D eigenvalue weighted by Gasteiger charge is -2.34. The van der Waals surface area contributed by atoms with Crippen molar-refractivity contribution in [1.82, 2.24) is 9.88 Å². The Morgan fingerprint density at radius 2 is 1.81 bits per heavy atom. The van der Waals surface area contributed by atoms with E-state index in [1.165, 1.54) is 28.4 Å². The van der Waals surface area contributed by atoms with Gasteiger partial charge < -0.3 is 10.0 Å². The fourth-order valence-electron chi connectivity index (χ4n) is 4.16. The summed E-state index contributed by atoms with van der Waals surface area (Å²) in [6.45, 7) is 5.49. The Kier molecular flexibility index (Phi) is 5.88. The zero-order valence-corrected chi connectivity index (χ0v) is 16.2. The zero-order valence-electron chi connectivity index (χ0n) is 15.4. The van der Waals surface area contributed by atoms with Crippen LogP contribution in [-0.2, 0) is 13.0 Å². The third-order valence-electron chi connectivity index (χ3n) is 5.76. The first-order chi connectivity index (χ1) is 12.8. The molecule has 0 spiro atoms. The molecule has 0 radical (unpaired) electrons. The van der Waals surface area contributed by atoms with Gasteiger partial charge in [0.2, 0.25) is 0 Å². The Balaban J connectivity index is 1.24. The van der Waals surface area contributed by atoms with Gasteiger partial charge in [-0.1, -0.05) is 30.3 Å². The molecule has 1 aromatic heterocycles. The Morgan fingerprint density at radius 3 is 2.54 bits per heavy atom. The highest BCUT2D eigenvalue weighted by molar-refractivity contribution is 7.15. The van der Waals surface area contributed by atoms with E-state index in [9.17, 15) is 5.11 Å². The number of hydrogen-bond donors (Lipinski definition) is 1. The summed E-state index contributed by atoms with van der Waals surface area (Å²) in [5.41, 5.74) is 1.24. The number of hydrogen-bond acceptors (Lipinski definition) is 5. The number of rotatable bonds is 6. The highest BCUT2D eigenvalue weighted by atomic mass is 32.1. The van der Waals surface area contributed by atoms with E-state index in [1.807, 2.05) is 17.4 Å². The molecular weight excluding hydrogens is 342 g/mol. The Morgan fingerprint density at radius 1 is 1.08 bits per heavy atom. The van der Waals surface area contributed by atoms with E-state index in [4.69, 9.17) is 0 Å². The molecule has 2 fully saturated rings. The lowest BCUT2D eigenvalue weighted by molar-refractivity contribution is 0.0579. The third-order valence-corrected chi connectivity index (χ3v) is 6.80. The number of likely N-dealkylation sites (tertiary alicyclic amines) is 1. The van der Waals surface area contributed by atoms with E-state index < -0.39 is 0 Å². The minimum Gasteiger partial charge on any atom is -0.392 e. The number of thiazole rings is 1. The van der Waals surface area contributed by atoms with E-state index in [-0.39, 0.29) is 6.10 Å². The largest absolute Gasteiger partial charge is 0.392 e. The normalized spacial score (nSPS) is 20.6. The first-order valence-electron chi connectivity index (χ1n) is 9.92. The molecule has 0 saturated carbocycles. The number of piperidine rings is 1. The lowest BCUT2D eigenvalue weighted by atomic mass is 9.88. The summed E-state index contributed by atoms with van der Waals surface area (Å²) in [4.78, 5) is 10.9. The zero-order chi connectivity index (χ0) is 17.8. The lowest BCUT2D eigenvalue weighted by Crippen LogP contribution is -2.37. The van der Waals surface area contributed by atoms with E-state index in [0.717, 1.165) is 52.0 Å². The van der Waals surface area contributed by atoms with Crippen LogP contribution in [0.4, 0.5) is 5.13 Å². The van der Waals surface area contributed by atoms with E-state index in [1.54, 1.807) is 0 Å². The molecule has 2 aliphatic rings. The van der Waals surface area contributed by atoms with Gasteiger partial charge in [-0.3, -0.25) is 4.90 Å².